The van der Waals surface area contributed by atoms with Crippen LogP contribution in [0.5, 0.6) is 0 Å². The fraction of sp³-hybridized carbons (Fsp3) is 0.333. The maximum Gasteiger partial charge on any atom is 0.293 e. The molecule has 1 aliphatic rings. The lowest BCUT2D eigenvalue weighted by molar-refractivity contribution is -0.126. The Kier molecular flexibility index (Phi) is 6.40. The van der Waals surface area contributed by atoms with E-state index in [1.807, 2.05) is 67.6 Å². The van der Waals surface area contributed by atoms with Crippen molar-refractivity contribution in [1.82, 2.24) is 25.0 Å². The Hall–Kier alpha value is -3.48. The first-order valence-corrected chi connectivity index (χ1v) is 10.8. The first-order chi connectivity index (χ1) is 15.2. The summed E-state index contributed by atoms with van der Waals surface area (Å²) in [6.45, 7) is 3.79. The molecule has 0 bridgehead atoms. The summed E-state index contributed by atoms with van der Waals surface area (Å²) < 4.78 is 1.72. The normalized spacial score (nSPS) is 14.4. The number of rotatable bonds is 6. The second-order valence-electron chi connectivity index (χ2n) is 7.73. The van der Waals surface area contributed by atoms with Gasteiger partial charge in [-0.25, -0.2) is 9.67 Å². The SMILES string of the molecule is CCCNC(=O)C1CCN(C(=O)c2nc(-c3ccccc3)n(-c3ccccc3)n2)CC1. The zero-order valence-corrected chi connectivity index (χ0v) is 17.7. The van der Waals surface area contributed by atoms with Crippen molar-refractivity contribution in [3.05, 3.63) is 66.5 Å². The van der Waals surface area contributed by atoms with Gasteiger partial charge in [0, 0.05) is 31.1 Å². The molecule has 160 valence electrons. The van der Waals surface area contributed by atoms with Crippen LogP contribution in [-0.4, -0.2) is 51.1 Å². The Morgan fingerprint density at radius 3 is 2.29 bits per heavy atom. The molecule has 0 atom stereocenters. The van der Waals surface area contributed by atoms with E-state index >= 15 is 0 Å². The first kappa shape index (κ1) is 20.8. The zero-order chi connectivity index (χ0) is 21.6. The number of hydrogen-bond donors (Lipinski definition) is 1. The third-order valence-corrected chi connectivity index (χ3v) is 5.53. The van der Waals surface area contributed by atoms with Gasteiger partial charge in [0.2, 0.25) is 11.7 Å². The molecule has 7 nitrogen and oxygen atoms in total. The molecular formula is C24H27N5O2. The summed E-state index contributed by atoms with van der Waals surface area (Å²) in [5, 5.41) is 7.52. The summed E-state index contributed by atoms with van der Waals surface area (Å²) in [4.78, 5) is 31.7. The number of carbonyl (C=O) groups excluding carboxylic acids is 2. The number of piperidine rings is 1. The van der Waals surface area contributed by atoms with Crippen molar-refractivity contribution < 1.29 is 9.59 Å². The summed E-state index contributed by atoms with van der Waals surface area (Å²) in [5.41, 5.74) is 1.74. The van der Waals surface area contributed by atoms with Crippen LogP contribution < -0.4 is 5.32 Å². The van der Waals surface area contributed by atoms with Gasteiger partial charge in [0.05, 0.1) is 5.69 Å². The van der Waals surface area contributed by atoms with Crippen molar-refractivity contribution in [2.24, 2.45) is 5.92 Å². The predicted octanol–water partition coefficient (Wildman–Crippen LogP) is 3.31. The number of nitrogens with zero attached hydrogens (tertiary/aromatic N) is 4. The Morgan fingerprint density at radius 2 is 1.65 bits per heavy atom. The Balaban J connectivity index is 1.54. The minimum absolute atomic E-state index is 0.0367. The van der Waals surface area contributed by atoms with Gasteiger partial charge in [-0.15, -0.1) is 5.10 Å². The monoisotopic (exact) mass is 417 g/mol. The average Bonchev–Trinajstić information content (AvgIpc) is 3.29. The van der Waals surface area contributed by atoms with Crippen LogP contribution in [0.1, 0.15) is 36.8 Å². The quantitative estimate of drug-likeness (QED) is 0.667. The Morgan fingerprint density at radius 1 is 1.00 bits per heavy atom. The molecule has 1 N–H and O–H groups in total. The number of carbonyl (C=O) groups is 2. The molecule has 1 saturated heterocycles. The molecule has 0 spiro atoms. The van der Waals surface area contributed by atoms with Crippen LogP contribution in [0.3, 0.4) is 0 Å². The number of nitrogens with one attached hydrogen (secondary N) is 1. The van der Waals surface area contributed by atoms with Crippen LogP contribution in [0.15, 0.2) is 60.7 Å². The van der Waals surface area contributed by atoms with Crippen molar-refractivity contribution in [1.29, 1.82) is 0 Å². The summed E-state index contributed by atoms with van der Waals surface area (Å²) >= 11 is 0. The minimum Gasteiger partial charge on any atom is -0.356 e. The van der Waals surface area contributed by atoms with Gasteiger partial charge in [-0.05, 0) is 31.4 Å². The third kappa shape index (κ3) is 4.66. The van der Waals surface area contributed by atoms with Crippen molar-refractivity contribution >= 4 is 11.8 Å². The highest BCUT2D eigenvalue weighted by molar-refractivity contribution is 5.91. The molecular weight excluding hydrogens is 390 g/mol. The van der Waals surface area contributed by atoms with Crippen LogP contribution in [-0.2, 0) is 4.79 Å². The lowest BCUT2D eigenvalue weighted by Gasteiger charge is -2.30. The predicted molar refractivity (Wildman–Crippen MR) is 119 cm³/mol. The van der Waals surface area contributed by atoms with Gasteiger partial charge >= 0.3 is 0 Å². The van der Waals surface area contributed by atoms with Crippen LogP contribution in [0.2, 0.25) is 0 Å². The number of likely N-dealkylation sites (tertiary alicyclic amines) is 1. The maximum absolute atomic E-state index is 13.2. The van der Waals surface area contributed by atoms with Crippen molar-refractivity contribution in [2.75, 3.05) is 19.6 Å². The third-order valence-electron chi connectivity index (χ3n) is 5.53. The van der Waals surface area contributed by atoms with Crippen LogP contribution in [0.4, 0.5) is 0 Å². The molecule has 1 aromatic heterocycles. The van der Waals surface area contributed by atoms with E-state index in [4.69, 9.17) is 0 Å². The molecule has 3 aromatic rings. The molecule has 0 saturated carbocycles. The van der Waals surface area contributed by atoms with Gasteiger partial charge < -0.3 is 10.2 Å². The largest absolute Gasteiger partial charge is 0.356 e. The topological polar surface area (TPSA) is 80.1 Å². The van der Waals surface area contributed by atoms with Gasteiger partial charge in [0.1, 0.15) is 0 Å². The van der Waals surface area contributed by atoms with E-state index < -0.39 is 0 Å². The van der Waals surface area contributed by atoms with E-state index in [-0.39, 0.29) is 23.6 Å². The highest BCUT2D eigenvalue weighted by Crippen LogP contribution is 2.23. The van der Waals surface area contributed by atoms with E-state index in [9.17, 15) is 9.59 Å². The standard InChI is InChI=1S/C24H27N5O2/c1-2-15-25-23(30)19-13-16-28(17-14-19)24(31)21-26-22(18-9-5-3-6-10-18)29(27-21)20-11-7-4-8-12-20/h3-12,19H,2,13-17H2,1H3,(H,25,30). The van der Waals surface area contributed by atoms with Crippen LogP contribution in [0.25, 0.3) is 17.1 Å². The summed E-state index contributed by atoms with van der Waals surface area (Å²) in [5.74, 6) is 0.664. The fourth-order valence-corrected chi connectivity index (χ4v) is 3.80. The lowest BCUT2D eigenvalue weighted by Crippen LogP contribution is -2.43. The number of hydrogen-bond acceptors (Lipinski definition) is 4. The molecule has 2 amide bonds. The first-order valence-electron chi connectivity index (χ1n) is 10.8. The van der Waals surface area contributed by atoms with Crippen molar-refractivity contribution in [3.63, 3.8) is 0 Å². The highest BCUT2D eigenvalue weighted by atomic mass is 16.2. The summed E-state index contributed by atoms with van der Waals surface area (Å²) in [7, 11) is 0. The van der Waals surface area contributed by atoms with Crippen molar-refractivity contribution in [2.45, 2.75) is 26.2 Å². The van der Waals surface area contributed by atoms with E-state index in [0.717, 1.165) is 17.7 Å². The molecule has 2 heterocycles. The number of amides is 2. The second-order valence-corrected chi connectivity index (χ2v) is 7.73. The molecule has 0 radical (unpaired) electrons. The van der Waals surface area contributed by atoms with E-state index in [0.29, 0.717) is 38.3 Å². The van der Waals surface area contributed by atoms with E-state index in [1.54, 1.807) is 9.58 Å². The van der Waals surface area contributed by atoms with Gasteiger partial charge in [-0.2, -0.15) is 0 Å². The molecule has 1 fully saturated rings. The molecule has 31 heavy (non-hydrogen) atoms. The van der Waals surface area contributed by atoms with Crippen LogP contribution in [0, 0.1) is 5.92 Å². The van der Waals surface area contributed by atoms with E-state index in [2.05, 4.69) is 15.4 Å². The lowest BCUT2D eigenvalue weighted by atomic mass is 9.96. The van der Waals surface area contributed by atoms with E-state index in [1.165, 1.54) is 0 Å². The molecule has 2 aromatic carbocycles. The van der Waals surface area contributed by atoms with Crippen molar-refractivity contribution in [3.8, 4) is 17.1 Å². The highest BCUT2D eigenvalue weighted by Gasteiger charge is 2.30. The minimum atomic E-state index is -0.195. The number of benzene rings is 2. The van der Waals surface area contributed by atoms with Crippen LogP contribution >= 0.6 is 0 Å². The summed E-state index contributed by atoms with van der Waals surface area (Å²) in [6.07, 6.45) is 2.24. The number of aromatic nitrogens is 3. The number of para-hydroxylation sites is 1. The van der Waals surface area contributed by atoms with Gasteiger partial charge in [0.25, 0.3) is 5.91 Å². The van der Waals surface area contributed by atoms with Gasteiger partial charge in [-0.1, -0.05) is 55.5 Å². The maximum atomic E-state index is 13.2. The molecule has 0 unspecified atom stereocenters. The second kappa shape index (κ2) is 9.55. The average molecular weight is 418 g/mol. The van der Waals surface area contributed by atoms with Gasteiger partial charge in [-0.3, -0.25) is 9.59 Å². The molecule has 7 heteroatoms. The molecule has 1 aliphatic heterocycles. The molecule has 4 rings (SSSR count). The Bertz CT molecular complexity index is 968. The van der Waals surface area contributed by atoms with Gasteiger partial charge in [0.15, 0.2) is 5.82 Å². The summed E-state index contributed by atoms with van der Waals surface area (Å²) in [6, 6.07) is 19.4. The molecule has 0 aliphatic carbocycles. The fourth-order valence-electron chi connectivity index (χ4n) is 3.80. The Labute approximate surface area is 182 Å². The smallest absolute Gasteiger partial charge is 0.293 e. The zero-order valence-electron chi connectivity index (χ0n) is 17.7.